The van der Waals surface area contributed by atoms with Gasteiger partial charge in [0.05, 0.1) is 25.5 Å². The second-order valence-electron chi connectivity index (χ2n) is 8.88. The van der Waals surface area contributed by atoms with E-state index in [-0.39, 0.29) is 38.9 Å². The number of methoxy groups -OCH3 is 2. The van der Waals surface area contributed by atoms with Crippen LogP contribution in [0, 0.1) is 17.5 Å². The lowest BCUT2D eigenvalue weighted by molar-refractivity contribution is 0.355. The monoisotopic (exact) mass is 562 g/mol. The molecule has 2 heterocycles. The summed E-state index contributed by atoms with van der Waals surface area (Å²) in [6.45, 7) is 0. The minimum atomic E-state index is -0.991. The van der Waals surface area contributed by atoms with Gasteiger partial charge in [-0.2, -0.15) is 5.12 Å². The maximum Gasteiger partial charge on any atom is 0.215 e. The number of nitrogens with two attached hydrogens (primary N) is 1. The van der Waals surface area contributed by atoms with Crippen molar-refractivity contribution in [3.63, 3.8) is 0 Å². The van der Waals surface area contributed by atoms with Crippen molar-refractivity contribution in [1.29, 1.82) is 0 Å². The third-order valence-electron chi connectivity index (χ3n) is 6.46. The summed E-state index contributed by atoms with van der Waals surface area (Å²) in [5.74, 6) is -1.59. The number of hydrogen-bond donors (Lipinski definition) is 2. The summed E-state index contributed by atoms with van der Waals surface area (Å²) in [7, 11) is 3.02. The Labute approximate surface area is 231 Å². The Morgan fingerprint density at radius 2 is 1.49 bits per heavy atom. The number of ether oxygens (including phenoxy) is 2. The number of nitrogen functional groups attached to an aromatic ring is 1. The molecule has 0 fully saturated rings. The zero-order chi connectivity index (χ0) is 29.3. The molecular formula is C30H22F4N4O3. The van der Waals surface area contributed by atoms with Crippen molar-refractivity contribution in [3.8, 4) is 44.9 Å². The number of anilines is 3. The molecule has 0 atom stereocenters. The first kappa shape index (κ1) is 27.3. The molecule has 11 heteroatoms. The van der Waals surface area contributed by atoms with E-state index in [1.165, 1.54) is 38.7 Å². The molecule has 2 aromatic heterocycles. The molecule has 0 spiro atoms. The van der Waals surface area contributed by atoms with Crippen LogP contribution in [0.3, 0.4) is 0 Å². The SMILES string of the molecule is COc1ccc(-c2cnc(N)c(-c3ccc(N(F)c4c[nH]cc(-c5ccc(F)cc5F)c4=O)cc3F)c2)cc1OC. The number of hydrogen-bond acceptors (Lipinski definition) is 6. The molecule has 7 nitrogen and oxygen atoms in total. The minimum absolute atomic E-state index is 0.0295. The average Bonchev–Trinajstić information content (AvgIpc) is 2.97. The number of benzene rings is 3. The lowest BCUT2D eigenvalue weighted by Gasteiger charge is -2.16. The molecule has 0 aliphatic heterocycles. The van der Waals surface area contributed by atoms with Crippen LogP contribution < -0.4 is 25.8 Å². The van der Waals surface area contributed by atoms with Gasteiger partial charge in [-0.25, -0.2) is 18.2 Å². The minimum Gasteiger partial charge on any atom is -0.493 e. The van der Waals surface area contributed by atoms with E-state index in [1.807, 2.05) is 0 Å². The molecular weight excluding hydrogens is 540 g/mol. The molecule has 0 saturated carbocycles. The molecule has 5 aromatic rings. The highest BCUT2D eigenvalue weighted by Crippen LogP contribution is 2.37. The molecule has 0 amide bonds. The second-order valence-corrected chi connectivity index (χ2v) is 8.88. The van der Waals surface area contributed by atoms with Crippen LogP contribution in [0.15, 0.2) is 84.0 Å². The molecule has 0 radical (unpaired) electrons. The number of rotatable bonds is 7. The van der Waals surface area contributed by atoms with E-state index in [0.717, 1.165) is 24.4 Å². The number of aromatic amines is 1. The molecule has 3 aromatic carbocycles. The number of aromatic nitrogens is 2. The van der Waals surface area contributed by atoms with Crippen LogP contribution in [-0.2, 0) is 0 Å². The van der Waals surface area contributed by atoms with Gasteiger partial charge in [-0.3, -0.25) is 4.79 Å². The average molecular weight is 563 g/mol. The van der Waals surface area contributed by atoms with Gasteiger partial charge < -0.3 is 20.2 Å². The largest absolute Gasteiger partial charge is 0.493 e. The molecule has 0 bridgehead atoms. The summed E-state index contributed by atoms with van der Waals surface area (Å²) >= 11 is 0. The highest BCUT2D eigenvalue weighted by atomic mass is 19.2. The van der Waals surface area contributed by atoms with Crippen LogP contribution in [-0.4, -0.2) is 24.2 Å². The fourth-order valence-electron chi connectivity index (χ4n) is 4.38. The quantitative estimate of drug-likeness (QED) is 0.167. The summed E-state index contributed by atoms with van der Waals surface area (Å²) < 4.78 is 69.1. The van der Waals surface area contributed by atoms with Gasteiger partial charge in [0.25, 0.3) is 0 Å². The van der Waals surface area contributed by atoms with Gasteiger partial charge in [0.15, 0.2) is 11.5 Å². The van der Waals surface area contributed by atoms with Crippen molar-refractivity contribution < 1.29 is 27.1 Å². The number of nitrogens with one attached hydrogen (secondary N) is 1. The van der Waals surface area contributed by atoms with Crippen molar-refractivity contribution in [2.45, 2.75) is 0 Å². The smallest absolute Gasteiger partial charge is 0.215 e. The Kier molecular flexibility index (Phi) is 7.34. The van der Waals surface area contributed by atoms with E-state index < -0.39 is 28.6 Å². The van der Waals surface area contributed by atoms with Crippen LogP contribution in [0.25, 0.3) is 33.4 Å². The van der Waals surface area contributed by atoms with E-state index in [9.17, 15) is 13.6 Å². The van der Waals surface area contributed by atoms with Crippen LogP contribution >= 0.6 is 0 Å². The summed E-state index contributed by atoms with van der Waals surface area (Å²) in [6, 6.07) is 13.0. The molecule has 0 saturated heterocycles. The maximum absolute atomic E-state index is 15.4. The lowest BCUT2D eigenvalue weighted by Crippen LogP contribution is -2.17. The normalized spacial score (nSPS) is 10.9. The Hall–Kier alpha value is -5.32. The van der Waals surface area contributed by atoms with Crippen molar-refractivity contribution in [1.82, 2.24) is 9.97 Å². The Balaban J connectivity index is 1.50. The molecule has 5 rings (SSSR count). The Morgan fingerprint density at radius 3 is 2.20 bits per heavy atom. The molecule has 3 N–H and O–H groups in total. The van der Waals surface area contributed by atoms with Gasteiger partial charge in [-0.05, 0) is 48.0 Å². The predicted octanol–water partition coefficient (Wildman–Crippen LogP) is 6.81. The van der Waals surface area contributed by atoms with Gasteiger partial charge in [0.2, 0.25) is 5.43 Å². The maximum atomic E-state index is 15.4. The van der Waals surface area contributed by atoms with E-state index in [4.69, 9.17) is 15.2 Å². The molecule has 0 unspecified atom stereocenters. The highest BCUT2D eigenvalue weighted by molar-refractivity contribution is 5.81. The summed E-state index contributed by atoms with van der Waals surface area (Å²) in [5, 5.41) is -0.0295. The van der Waals surface area contributed by atoms with Gasteiger partial charge in [0, 0.05) is 53.0 Å². The van der Waals surface area contributed by atoms with Crippen LogP contribution in [0.1, 0.15) is 0 Å². The van der Waals surface area contributed by atoms with Gasteiger partial charge in [-0.1, -0.05) is 10.5 Å². The zero-order valence-electron chi connectivity index (χ0n) is 21.7. The number of halogens is 4. The van der Waals surface area contributed by atoms with Gasteiger partial charge in [-0.15, -0.1) is 0 Å². The van der Waals surface area contributed by atoms with Crippen molar-refractivity contribution in [2.24, 2.45) is 0 Å². The third-order valence-corrected chi connectivity index (χ3v) is 6.46. The third kappa shape index (κ3) is 5.17. The summed E-state index contributed by atoms with van der Waals surface area (Å²) in [4.78, 5) is 19.8. The molecule has 0 aliphatic rings. The number of H-pyrrole nitrogens is 1. The summed E-state index contributed by atoms with van der Waals surface area (Å²) in [6.07, 6.45) is 3.74. The first-order chi connectivity index (χ1) is 19.7. The number of pyridine rings is 2. The molecule has 208 valence electrons. The fourth-order valence-corrected chi connectivity index (χ4v) is 4.38. The predicted molar refractivity (Wildman–Crippen MR) is 148 cm³/mol. The van der Waals surface area contributed by atoms with Crippen molar-refractivity contribution in [3.05, 3.63) is 107 Å². The van der Waals surface area contributed by atoms with E-state index in [2.05, 4.69) is 9.97 Å². The Morgan fingerprint density at radius 1 is 0.780 bits per heavy atom. The second kappa shape index (κ2) is 11.0. The van der Waals surface area contributed by atoms with Crippen LogP contribution in [0.2, 0.25) is 0 Å². The number of nitrogens with zero attached hydrogens (tertiary/aromatic N) is 2. The van der Waals surface area contributed by atoms with E-state index in [0.29, 0.717) is 28.7 Å². The van der Waals surface area contributed by atoms with Crippen molar-refractivity contribution >= 4 is 17.2 Å². The topological polar surface area (TPSA) is 93.5 Å². The van der Waals surface area contributed by atoms with Gasteiger partial charge >= 0.3 is 0 Å². The highest BCUT2D eigenvalue weighted by Gasteiger charge is 2.20. The molecule has 41 heavy (non-hydrogen) atoms. The van der Waals surface area contributed by atoms with Crippen molar-refractivity contribution in [2.75, 3.05) is 25.1 Å². The van der Waals surface area contributed by atoms with Crippen LogP contribution in [0.5, 0.6) is 11.5 Å². The lowest BCUT2D eigenvalue weighted by atomic mass is 10.00. The van der Waals surface area contributed by atoms with Gasteiger partial charge in [0.1, 0.15) is 29.0 Å². The van der Waals surface area contributed by atoms with Crippen LogP contribution in [0.4, 0.5) is 34.8 Å². The summed E-state index contributed by atoms with van der Waals surface area (Å²) in [5.41, 5.74) is 5.51. The Bertz CT molecular complexity index is 1830. The first-order valence-corrected chi connectivity index (χ1v) is 12.1. The van der Waals surface area contributed by atoms with E-state index >= 15 is 8.87 Å². The standard InChI is InChI=1S/C30H22F4N4O3/c1-40-27-8-3-16(10-28(27)41-2)17-9-22(30(35)37-13-17)20-7-5-19(12-25(20)33)38(34)26-15-36-14-23(29(26)39)21-6-4-18(31)11-24(21)32/h3-15H,1-2H3,(H2,35,37)(H,36,39). The van der Waals surface area contributed by atoms with E-state index in [1.54, 1.807) is 24.3 Å². The zero-order valence-corrected chi connectivity index (χ0v) is 21.7. The molecule has 0 aliphatic carbocycles. The fraction of sp³-hybridized carbons (Fsp3) is 0.0667. The first-order valence-electron chi connectivity index (χ1n) is 12.1.